The van der Waals surface area contributed by atoms with Crippen molar-refractivity contribution >= 4 is 21.9 Å². The molecule has 3 heteroatoms. The molecule has 4 aliphatic rings. The lowest BCUT2D eigenvalue weighted by Crippen LogP contribution is -2.36. The molecule has 1 heterocycles. The van der Waals surface area contributed by atoms with Crippen molar-refractivity contribution in [1.82, 2.24) is 0 Å². The van der Waals surface area contributed by atoms with Gasteiger partial charge in [0.05, 0.1) is 5.41 Å². The Balaban J connectivity index is 1.44. The second kappa shape index (κ2) is 5.61. The summed E-state index contributed by atoms with van der Waals surface area (Å²) in [5.41, 5.74) is 2.05. The zero-order valence-corrected chi connectivity index (χ0v) is 16.0. The number of cyclic esters (lactones) is 1. The Morgan fingerprint density at radius 3 is 2.78 bits per heavy atom. The molecular formula is C20H29BrO2. The predicted molar refractivity (Wildman–Crippen MR) is 95.1 cm³/mol. The quantitative estimate of drug-likeness (QED) is 0.595. The summed E-state index contributed by atoms with van der Waals surface area (Å²) in [6.07, 6.45) is 11.1. The summed E-state index contributed by atoms with van der Waals surface area (Å²) in [5, 5.41) is 0. The summed E-state index contributed by atoms with van der Waals surface area (Å²) in [6.45, 7) is 4.95. The van der Waals surface area contributed by atoms with E-state index in [2.05, 4.69) is 34.8 Å². The molecule has 5 atom stereocenters. The summed E-state index contributed by atoms with van der Waals surface area (Å²) in [5.74, 6) is 2.31. The molecule has 4 rings (SSSR count). The first-order valence-electron chi connectivity index (χ1n) is 9.49. The van der Waals surface area contributed by atoms with Crippen molar-refractivity contribution in [2.75, 3.05) is 0 Å². The van der Waals surface area contributed by atoms with Gasteiger partial charge in [-0.25, -0.2) is 0 Å². The van der Waals surface area contributed by atoms with Gasteiger partial charge in [0.25, 0.3) is 0 Å². The Morgan fingerprint density at radius 2 is 2.13 bits per heavy atom. The summed E-state index contributed by atoms with van der Waals surface area (Å²) in [6, 6.07) is 0. The van der Waals surface area contributed by atoms with Crippen LogP contribution in [-0.2, 0) is 9.53 Å². The van der Waals surface area contributed by atoms with E-state index in [1.54, 1.807) is 5.57 Å². The van der Waals surface area contributed by atoms with E-state index in [-0.39, 0.29) is 17.5 Å². The third-order valence-electron chi connectivity index (χ3n) is 7.68. The van der Waals surface area contributed by atoms with Crippen LogP contribution in [0, 0.1) is 28.6 Å². The smallest absolute Gasteiger partial charge is 0.312 e. The molecular weight excluding hydrogens is 352 g/mol. The monoisotopic (exact) mass is 380 g/mol. The third-order valence-corrected chi connectivity index (χ3v) is 8.27. The first-order chi connectivity index (χ1) is 11.0. The molecule has 23 heavy (non-hydrogen) atoms. The Labute approximate surface area is 148 Å². The number of carbonyl (C=O) groups excluding carboxylic acids is 1. The highest BCUT2D eigenvalue weighted by Crippen LogP contribution is 2.61. The van der Waals surface area contributed by atoms with Gasteiger partial charge in [0, 0.05) is 6.42 Å². The number of allylic oxidation sites excluding steroid dienone is 1. The summed E-state index contributed by atoms with van der Waals surface area (Å²) in [4.78, 5) is 14.2. The van der Waals surface area contributed by atoms with Gasteiger partial charge in [-0.3, -0.25) is 4.79 Å². The van der Waals surface area contributed by atoms with Crippen LogP contribution in [0.4, 0.5) is 0 Å². The number of hydrogen-bond donors (Lipinski definition) is 0. The Kier molecular flexibility index (Phi) is 3.94. The Hall–Kier alpha value is -0.310. The van der Waals surface area contributed by atoms with E-state index >= 15 is 0 Å². The summed E-state index contributed by atoms with van der Waals surface area (Å²) in [7, 11) is 0. The number of hydrogen-bond acceptors (Lipinski definition) is 2. The summed E-state index contributed by atoms with van der Waals surface area (Å²) >= 11 is 3.61. The van der Waals surface area contributed by atoms with Crippen LogP contribution in [-0.4, -0.2) is 12.1 Å². The van der Waals surface area contributed by atoms with Crippen LogP contribution in [0.15, 0.2) is 10.6 Å². The van der Waals surface area contributed by atoms with E-state index in [0.717, 1.165) is 37.5 Å². The molecule has 1 aliphatic heterocycles. The number of ether oxygens (including phenoxy) is 1. The van der Waals surface area contributed by atoms with Crippen molar-refractivity contribution in [3.8, 4) is 0 Å². The van der Waals surface area contributed by atoms with E-state index in [1.165, 1.54) is 32.1 Å². The van der Waals surface area contributed by atoms with E-state index in [1.807, 2.05) is 0 Å². The first kappa shape index (κ1) is 16.2. The Bertz CT molecular complexity index is 536. The average molecular weight is 381 g/mol. The molecule has 1 spiro atoms. The van der Waals surface area contributed by atoms with Crippen LogP contribution in [0.2, 0.25) is 0 Å². The van der Waals surface area contributed by atoms with Crippen LogP contribution in [0.1, 0.15) is 71.6 Å². The van der Waals surface area contributed by atoms with Crippen molar-refractivity contribution in [1.29, 1.82) is 0 Å². The number of fused-ring (bicyclic) bond motifs is 1. The fourth-order valence-electron chi connectivity index (χ4n) is 6.25. The van der Waals surface area contributed by atoms with Crippen molar-refractivity contribution < 1.29 is 9.53 Å². The molecule has 0 aromatic rings. The molecule has 0 N–H and O–H groups in total. The molecule has 2 nitrogen and oxygen atoms in total. The second-order valence-electron chi connectivity index (χ2n) is 9.00. The highest BCUT2D eigenvalue weighted by Gasteiger charge is 2.58. The lowest BCUT2D eigenvalue weighted by molar-refractivity contribution is -0.145. The molecule has 3 saturated carbocycles. The highest BCUT2D eigenvalue weighted by atomic mass is 79.9. The maximum absolute atomic E-state index is 12.0. The van der Waals surface area contributed by atoms with Gasteiger partial charge in [-0.1, -0.05) is 35.4 Å². The fourth-order valence-corrected chi connectivity index (χ4v) is 6.80. The SMILES string of the molecule is C[C@H](CC1CC2(CC2)C(=O)O1)[C@H]1CCC2/C(=C/Br)CCC[C@@]21C. The average Bonchev–Trinajstić information content (AvgIpc) is 3.10. The van der Waals surface area contributed by atoms with Crippen molar-refractivity contribution in [3.63, 3.8) is 0 Å². The van der Waals surface area contributed by atoms with Gasteiger partial charge >= 0.3 is 5.97 Å². The number of esters is 1. The largest absolute Gasteiger partial charge is 0.462 e. The molecule has 3 aliphatic carbocycles. The molecule has 128 valence electrons. The lowest BCUT2D eigenvalue weighted by atomic mass is 9.61. The van der Waals surface area contributed by atoms with Crippen LogP contribution >= 0.6 is 15.9 Å². The molecule has 0 aromatic heterocycles. The number of rotatable bonds is 3. The van der Waals surface area contributed by atoms with Gasteiger partial charge < -0.3 is 4.74 Å². The highest BCUT2D eigenvalue weighted by molar-refractivity contribution is 9.11. The van der Waals surface area contributed by atoms with Gasteiger partial charge in [0.1, 0.15) is 6.10 Å². The zero-order valence-electron chi connectivity index (χ0n) is 14.4. The molecule has 4 fully saturated rings. The van der Waals surface area contributed by atoms with Gasteiger partial charge in [-0.05, 0) is 79.5 Å². The maximum Gasteiger partial charge on any atom is 0.312 e. The maximum atomic E-state index is 12.0. The normalized spacial score (nSPS) is 44.4. The third kappa shape index (κ3) is 2.53. The summed E-state index contributed by atoms with van der Waals surface area (Å²) < 4.78 is 5.72. The van der Waals surface area contributed by atoms with Crippen molar-refractivity contribution in [3.05, 3.63) is 10.6 Å². The fraction of sp³-hybridized carbons (Fsp3) is 0.850. The van der Waals surface area contributed by atoms with E-state index < -0.39 is 0 Å². The number of halogens is 1. The van der Waals surface area contributed by atoms with Gasteiger partial charge in [0.15, 0.2) is 0 Å². The van der Waals surface area contributed by atoms with Gasteiger partial charge in [0.2, 0.25) is 0 Å². The molecule has 0 aromatic carbocycles. The van der Waals surface area contributed by atoms with E-state index in [0.29, 0.717) is 11.3 Å². The lowest BCUT2D eigenvalue weighted by Gasteiger charge is -2.44. The number of carbonyl (C=O) groups is 1. The second-order valence-corrected chi connectivity index (χ2v) is 9.46. The zero-order chi connectivity index (χ0) is 16.2. The minimum atomic E-state index is -0.0385. The molecule has 0 amide bonds. The van der Waals surface area contributed by atoms with Gasteiger partial charge in [-0.15, -0.1) is 0 Å². The topological polar surface area (TPSA) is 26.3 Å². The van der Waals surface area contributed by atoms with Crippen molar-refractivity contribution in [2.45, 2.75) is 77.7 Å². The van der Waals surface area contributed by atoms with Crippen LogP contribution in [0.3, 0.4) is 0 Å². The van der Waals surface area contributed by atoms with E-state index in [9.17, 15) is 4.79 Å². The molecule has 0 radical (unpaired) electrons. The molecule has 0 bridgehead atoms. The van der Waals surface area contributed by atoms with Gasteiger partial charge in [-0.2, -0.15) is 0 Å². The minimum Gasteiger partial charge on any atom is -0.462 e. The van der Waals surface area contributed by atoms with Crippen molar-refractivity contribution in [2.24, 2.45) is 28.6 Å². The predicted octanol–water partition coefficient (Wildman–Crippen LogP) is 5.60. The van der Waals surface area contributed by atoms with E-state index in [4.69, 9.17) is 4.74 Å². The standard InChI is InChI=1S/C20H29BrO2/c1-13(10-15-11-20(8-9-20)18(22)23-15)16-5-6-17-14(12-21)4-3-7-19(16,17)2/h12-13,15-17H,3-11H2,1-2H3/b14-12+/t13-,15?,16-,17?,19-/m1/s1. The van der Waals surface area contributed by atoms with Crippen LogP contribution in [0.25, 0.3) is 0 Å². The van der Waals surface area contributed by atoms with Crippen LogP contribution < -0.4 is 0 Å². The Morgan fingerprint density at radius 1 is 1.35 bits per heavy atom. The molecule has 1 saturated heterocycles. The van der Waals surface area contributed by atoms with Crippen LogP contribution in [0.5, 0.6) is 0 Å². The minimum absolute atomic E-state index is 0.0385. The molecule has 2 unspecified atom stereocenters. The first-order valence-corrected chi connectivity index (χ1v) is 10.4.